The van der Waals surface area contributed by atoms with E-state index in [9.17, 15) is 13.6 Å². The number of benzene rings is 2. The molecule has 2 aromatic rings. The third-order valence-electron chi connectivity index (χ3n) is 7.51. The van der Waals surface area contributed by atoms with Gasteiger partial charge in [0.1, 0.15) is 11.6 Å². The number of amides is 1. The topological polar surface area (TPSA) is 70.4 Å². The Labute approximate surface area is 230 Å². The summed E-state index contributed by atoms with van der Waals surface area (Å²) in [6.07, 6.45) is 6.96. The van der Waals surface area contributed by atoms with Gasteiger partial charge in [0, 0.05) is 34.6 Å². The van der Waals surface area contributed by atoms with Crippen molar-refractivity contribution in [3.63, 3.8) is 0 Å². The molecule has 0 spiro atoms. The van der Waals surface area contributed by atoms with Crippen LogP contribution >= 0.6 is 11.9 Å². The van der Waals surface area contributed by atoms with E-state index in [1.165, 1.54) is 12.1 Å². The standard InChI is InChI=1S/C28H34F2N4OS.C2H6/c1-4-22-23(28(27(31)35)11-5-6-12-28)16-21(33-36-26-8-7-20(29)15-24(26)30)17-25(22)32-18(2)19-9-13-34(3)14-10-19;1-2/h4,7-8,15-17,19,32-33H,1-2,5-6,9-14H2,3H3,(H2,31,35);1-2H3. The molecule has 2 fully saturated rings. The third-order valence-corrected chi connectivity index (χ3v) is 8.40. The van der Waals surface area contributed by atoms with Gasteiger partial charge in [-0.1, -0.05) is 45.9 Å². The van der Waals surface area contributed by atoms with Crippen molar-refractivity contribution in [2.24, 2.45) is 11.7 Å². The Morgan fingerprint density at radius 3 is 2.39 bits per heavy atom. The number of primary amides is 1. The summed E-state index contributed by atoms with van der Waals surface area (Å²) in [5, 5.41) is 3.51. The van der Waals surface area contributed by atoms with Gasteiger partial charge in [-0.3, -0.25) is 4.79 Å². The zero-order valence-corrected chi connectivity index (χ0v) is 23.5. The molecule has 4 N–H and O–H groups in total. The van der Waals surface area contributed by atoms with Gasteiger partial charge in [-0.15, -0.1) is 0 Å². The van der Waals surface area contributed by atoms with E-state index in [1.54, 1.807) is 6.08 Å². The monoisotopic (exact) mass is 542 g/mol. The highest BCUT2D eigenvalue weighted by molar-refractivity contribution is 8.00. The molecule has 1 saturated heterocycles. The molecule has 8 heteroatoms. The van der Waals surface area contributed by atoms with Gasteiger partial charge in [-0.25, -0.2) is 8.78 Å². The SMILES string of the molecule is C=Cc1c(NC(=C)C2CCN(C)CC2)cc(NSc2ccc(F)cc2F)cc1C1(C(N)=O)CCCC1.CC. The van der Waals surface area contributed by atoms with Crippen LogP contribution in [-0.2, 0) is 10.2 Å². The normalized spacial score (nSPS) is 17.3. The van der Waals surface area contributed by atoms with E-state index in [0.29, 0.717) is 24.4 Å². The largest absolute Gasteiger partial charge is 0.369 e. The summed E-state index contributed by atoms with van der Waals surface area (Å²) in [5.74, 6) is -1.29. The average Bonchev–Trinajstić information content (AvgIpc) is 3.41. The highest BCUT2D eigenvalue weighted by Gasteiger charge is 2.43. The number of nitrogens with one attached hydrogen (secondary N) is 2. The number of carbonyl (C=O) groups excluding carboxylic acids is 1. The summed E-state index contributed by atoms with van der Waals surface area (Å²) < 4.78 is 30.8. The molecule has 2 aliphatic rings. The number of carbonyl (C=O) groups is 1. The molecule has 0 atom stereocenters. The van der Waals surface area contributed by atoms with Crippen molar-refractivity contribution in [3.8, 4) is 0 Å². The molecule has 206 valence electrons. The van der Waals surface area contributed by atoms with Crippen molar-refractivity contribution >= 4 is 35.3 Å². The number of rotatable bonds is 9. The molecular formula is C30H40F2N4OS. The van der Waals surface area contributed by atoms with Gasteiger partial charge in [0.05, 0.1) is 10.3 Å². The van der Waals surface area contributed by atoms with Crippen LogP contribution in [0.1, 0.15) is 63.5 Å². The molecule has 1 saturated carbocycles. The molecule has 1 heterocycles. The lowest BCUT2D eigenvalue weighted by atomic mass is 9.75. The van der Waals surface area contributed by atoms with Crippen LogP contribution in [-0.4, -0.2) is 30.9 Å². The minimum Gasteiger partial charge on any atom is -0.369 e. The summed E-state index contributed by atoms with van der Waals surface area (Å²) in [7, 11) is 2.12. The van der Waals surface area contributed by atoms with Gasteiger partial charge in [-0.2, -0.15) is 0 Å². The number of halogens is 2. The summed E-state index contributed by atoms with van der Waals surface area (Å²) in [4.78, 5) is 15.4. The van der Waals surface area contributed by atoms with E-state index in [0.717, 1.165) is 79.3 Å². The lowest BCUT2D eigenvalue weighted by molar-refractivity contribution is -0.123. The fourth-order valence-electron chi connectivity index (χ4n) is 5.36. The van der Waals surface area contributed by atoms with E-state index in [-0.39, 0.29) is 10.8 Å². The van der Waals surface area contributed by atoms with Gasteiger partial charge < -0.3 is 20.7 Å². The van der Waals surface area contributed by atoms with Crippen LogP contribution in [0.25, 0.3) is 6.08 Å². The number of nitrogens with zero attached hydrogens (tertiary/aromatic N) is 1. The molecule has 0 unspecified atom stereocenters. The lowest BCUT2D eigenvalue weighted by Crippen LogP contribution is -2.39. The van der Waals surface area contributed by atoms with E-state index in [2.05, 4.69) is 35.1 Å². The Morgan fingerprint density at radius 1 is 1.16 bits per heavy atom. The van der Waals surface area contributed by atoms with Crippen molar-refractivity contribution in [2.45, 2.75) is 62.7 Å². The van der Waals surface area contributed by atoms with Crippen molar-refractivity contribution in [2.75, 3.05) is 30.2 Å². The molecule has 0 bridgehead atoms. The van der Waals surface area contributed by atoms with Crippen molar-refractivity contribution < 1.29 is 13.6 Å². The van der Waals surface area contributed by atoms with Crippen LogP contribution < -0.4 is 15.8 Å². The van der Waals surface area contributed by atoms with E-state index in [4.69, 9.17) is 5.73 Å². The number of nitrogens with two attached hydrogens (primary N) is 1. The summed E-state index contributed by atoms with van der Waals surface area (Å²) in [5.41, 5.74) is 9.22. The van der Waals surface area contributed by atoms with Crippen LogP contribution in [0.2, 0.25) is 0 Å². The minimum atomic E-state index is -0.793. The second-order valence-corrected chi connectivity index (χ2v) is 10.7. The first-order chi connectivity index (χ1) is 18.2. The van der Waals surface area contributed by atoms with Gasteiger partial charge in [-0.05, 0) is 87.6 Å². The van der Waals surface area contributed by atoms with Gasteiger partial charge in [0.25, 0.3) is 0 Å². The Bertz CT molecular complexity index is 1160. The maximum absolute atomic E-state index is 14.2. The predicted molar refractivity (Wildman–Crippen MR) is 156 cm³/mol. The molecule has 0 aromatic heterocycles. The third kappa shape index (κ3) is 6.59. The summed E-state index contributed by atoms with van der Waals surface area (Å²) in [6, 6.07) is 7.29. The smallest absolute Gasteiger partial charge is 0.228 e. The Balaban J connectivity index is 0.00000195. The number of likely N-dealkylation sites (tertiary alicyclic amines) is 1. The van der Waals surface area contributed by atoms with Crippen molar-refractivity contribution in [3.05, 3.63) is 71.9 Å². The van der Waals surface area contributed by atoms with Crippen molar-refractivity contribution in [1.82, 2.24) is 4.90 Å². The fraction of sp³-hybridized carbons (Fsp3) is 0.433. The molecular weight excluding hydrogens is 502 g/mol. The molecule has 2 aromatic carbocycles. The second kappa shape index (κ2) is 13.3. The maximum Gasteiger partial charge on any atom is 0.228 e. The Hall–Kier alpha value is -2.84. The first kappa shape index (κ1) is 29.7. The van der Waals surface area contributed by atoms with Gasteiger partial charge in [0.2, 0.25) is 5.91 Å². The Morgan fingerprint density at radius 2 is 1.82 bits per heavy atom. The maximum atomic E-state index is 14.2. The van der Waals surface area contributed by atoms with Crippen LogP contribution in [0.15, 0.2) is 54.1 Å². The molecule has 0 radical (unpaired) electrons. The highest BCUT2D eigenvalue weighted by Crippen LogP contribution is 2.46. The molecule has 1 aliphatic carbocycles. The van der Waals surface area contributed by atoms with Crippen LogP contribution in [0, 0.1) is 17.6 Å². The summed E-state index contributed by atoms with van der Waals surface area (Å²) in [6.45, 7) is 14.4. The van der Waals surface area contributed by atoms with Gasteiger partial charge in [0.15, 0.2) is 0 Å². The van der Waals surface area contributed by atoms with Crippen LogP contribution in [0.4, 0.5) is 20.2 Å². The first-order valence-electron chi connectivity index (χ1n) is 13.4. The van der Waals surface area contributed by atoms with Crippen LogP contribution in [0.5, 0.6) is 0 Å². The number of allylic oxidation sites excluding steroid dienone is 1. The second-order valence-electron chi connectivity index (χ2n) is 9.85. The lowest BCUT2D eigenvalue weighted by Gasteiger charge is -2.32. The quantitative estimate of drug-likeness (QED) is 0.290. The number of hydrogen-bond acceptors (Lipinski definition) is 5. The average molecular weight is 543 g/mol. The summed E-state index contributed by atoms with van der Waals surface area (Å²) >= 11 is 1.05. The minimum absolute atomic E-state index is 0.265. The molecule has 1 aliphatic heterocycles. The molecule has 38 heavy (non-hydrogen) atoms. The Kier molecular flexibility index (Phi) is 10.4. The van der Waals surface area contributed by atoms with Crippen molar-refractivity contribution in [1.29, 1.82) is 0 Å². The molecule has 1 amide bonds. The number of hydrogen-bond donors (Lipinski definition) is 3. The molecule has 5 nitrogen and oxygen atoms in total. The zero-order valence-electron chi connectivity index (χ0n) is 22.7. The van der Waals surface area contributed by atoms with E-state index >= 15 is 0 Å². The van der Waals surface area contributed by atoms with E-state index < -0.39 is 17.0 Å². The molecule has 4 rings (SSSR count). The van der Waals surface area contributed by atoms with Crippen LogP contribution in [0.3, 0.4) is 0 Å². The number of piperidine rings is 1. The first-order valence-corrected chi connectivity index (χ1v) is 14.2. The van der Waals surface area contributed by atoms with E-state index in [1.807, 2.05) is 26.0 Å². The van der Waals surface area contributed by atoms with Gasteiger partial charge >= 0.3 is 0 Å². The fourth-order valence-corrected chi connectivity index (χ4v) is 6.00. The zero-order chi connectivity index (χ0) is 27.9. The number of anilines is 2. The highest BCUT2D eigenvalue weighted by atomic mass is 32.2. The predicted octanol–water partition coefficient (Wildman–Crippen LogP) is 7.32.